The van der Waals surface area contributed by atoms with Crippen LogP contribution in [0, 0.1) is 11.3 Å². The van der Waals surface area contributed by atoms with Gasteiger partial charge in [0.15, 0.2) is 5.65 Å². The van der Waals surface area contributed by atoms with Gasteiger partial charge in [-0.25, -0.2) is 24.9 Å². The molecular weight excluding hydrogens is 514 g/mol. The highest BCUT2D eigenvalue weighted by atomic mass is 16.1. The van der Waals surface area contributed by atoms with Gasteiger partial charge in [0.05, 0.1) is 5.69 Å². The Bertz CT molecular complexity index is 1740. The van der Waals surface area contributed by atoms with Gasteiger partial charge in [-0.2, -0.15) is 5.26 Å². The van der Waals surface area contributed by atoms with Crippen molar-refractivity contribution in [3.63, 3.8) is 0 Å². The van der Waals surface area contributed by atoms with Crippen LogP contribution < -0.4 is 11.1 Å². The molecule has 6 rings (SSSR count). The molecule has 0 aliphatic carbocycles. The number of hydrogen-bond donors (Lipinski definition) is 2. The summed E-state index contributed by atoms with van der Waals surface area (Å²) in [6.45, 7) is 2.77. The second-order valence-electron chi connectivity index (χ2n) is 9.99. The molecule has 5 aromatic rings. The number of rotatable bonds is 7. The Hall–Kier alpha value is -5.27. The molecule has 1 aliphatic rings. The summed E-state index contributed by atoms with van der Waals surface area (Å²) in [6, 6.07) is 24.6. The predicted molar refractivity (Wildman–Crippen MR) is 155 cm³/mol. The summed E-state index contributed by atoms with van der Waals surface area (Å²) in [5.74, 6) is 0.129. The molecule has 10 heteroatoms. The van der Waals surface area contributed by atoms with Crippen LogP contribution in [0.1, 0.15) is 34.8 Å². The average Bonchev–Trinajstić information content (AvgIpc) is 3.02. The van der Waals surface area contributed by atoms with Crippen molar-refractivity contribution in [3.8, 4) is 28.5 Å². The van der Waals surface area contributed by atoms with Crippen LogP contribution in [-0.2, 0) is 6.54 Å². The van der Waals surface area contributed by atoms with Gasteiger partial charge in [-0.1, -0.05) is 54.6 Å². The minimum absolute atomic E-state index is 0.0540. The fraction of sp³-hybridized carbons (Fsp3) is 0.194. The van der Waals surface area contributed by atoms with Gasteiger partial charge < -0.3 is 11.1 Å². The highest BCUT2D eigenvalue weighted by molar-refractivity contribution is 5.93. The minimum atomic E-state index is -0.686. The molecule has 10 nitrogen and oxygen atoms in total. The Morgan fingerprint density at radius 3 is 2.49 bits per heavy atom. The van der Waals surface area contributed by atoms with E-state index in [2.05, 4.69) is 54.4 Å². The molecule has 41 heavy (non-hydrogen) atoms. The second-order valence-corrected chi connectivity index (χ2v) is 9.99. The number of aromatic nitrogens is 5. The number of anilines is 1. The van der Waals surface area contributed by atoms with E-state index in [-0.39, 0.29) is 11.6 Å². The monoisotopic (exact) mass is 541 g/mol. The number of pyridine rings is 1. The molecule has 1 amide bonds. The van der Waals surface area contributed by atoms with Gasteiger partial charge in [0.2, 0.25) is 11.6 Å². The van der Waals surface area contributed by atoms with E-state index in [9.17, 15) is 4.79 Å². The first-order chi connectivity index (χ1) is 20.1. The third kappa shape index (κ3) is 5.85. The van der Waals surface area contributed by atoms with Crippen LogP contribution in [-0.4, -0.2) is 54.9 Å². The Kier molecular flexibility index (Phi) is 7.26. The van der Waals surface area contributed by atoms with Crippen molar-refractivity contribution in [3.05, 3.63) is 96.3 Å². The number of carbonyl (C=O) groups excluding carboxylic acids is 1. The van der Waals surface area contributed by atoms with E-state index in [0.717, 1.165) is 60.2 Å². The summed E-state index contributed by atoms with van der Waals surface area (Å²) in [6.07, 6.45) is 5.17. The zero-order valence-electron chi connectivity index (χ0n) is 22.2. The molecule has 3 N–H and O–H groups in total. The normalized spacial score (nSPS) is 14.0. The molecule has 0 saturated carbocycles. The van der Waals surface area contributed by atoms with E-state index < -0.39 is 5.91 Å². The molecule has 3 aromatic heterocycles. The van der Waals surface area contributed by atoms with Crippen molar-refractivity contribution in [1.82, 2.24) is 29.8 Å². The number of likely N-dealkylation sites (tertiary alicyclic amines) is 1. The molecule has 0 spiro atoms. The number of fused-ring (bicyclic) bond motifs is 1. The summed E-state index contributed by atoms with van der Waals surface area (Å²) >= 11 is 0. The third-order valence-electron chi connectivity index (χ3n) is 7.20. The van der Waals surface area contributed by atoms with E-state index in [1.807, 2.05) is 42.5 Å². The first-order valence-electron chi connectivity index (χ1n) is 13.4. The Balaban J connectivity index is 1.18. The number of hydrogen-bond acceptors (Lipinski definition) is 9. The van der Waals surface area contributed by atoms with Crippen LogP contribution in [0.25, 0.3) is 33.4 Å². The third-order valence-corrected chi connectivity index (χ3v) is 7.20. The largest absolute Gasteiger partial charge is 0.367 e. The molecule has 1 aliphatic heterocycles. The number of nitrogens with one attached hydrogen (secondary N) is 1. The number of piperidine rings is 1. The van der Waals surface area contributed by atoms with Gasteiger partial charge in [-0.05, 0) is 36.1 Å². The lowest BCUT2D eigenvalue weighted by Crippen LogP contribution is -2.38. The van der Waals surface area contributed by atoms with Crippen LogP contribution in [0.4, 0.5) is 5.82 Å². The van der Waals surface area contributed by atoms with E-state index in [1.165, 1.54) is 5.56 Å². The first-order valence-corrected chi connectivity index (χ1v) is 13.4. The van der Waals surface area contributed by atoms with Crippen LogP contribution in [0.3, 0.4) is 0 Å². The smallest absolute Gasteiger partial charge is 0.286 e. The van der Waals surface area contributed by atoms with E-state index in [4.69, 9.17) is 16.0 Å². The molecule has 0 bridgehead atoms. The summed E-state index contributed by atoms with van der Waals surface area (Å²) < 4.78 is 0. The molecule has 1 fully saturated rings. The predicted octanol–water partition coefficient (Wildman–Crippen LogP) is 4.20. The fourth-order valence-electron chi connectivity index (χ4n) is 5.10. The summed E-state index contributed by atoms with van der Waals surface area (Å²) in [5, 5.41) is 13.2. The lowest BCUT2D eigenvalue weighted by atomic mass is 9.97. The molecule has 0 atom stereocenters. The number of nitrogens with zero attached hydrogens (tertiary/aromatic N) is 7. The minimum Gasteiger partial charge on any atom is -0.367 e. The number of amides is 1. The second kappa shape index (κ2) is 11.5. The van der Waals surface area contributed by atoms with Gasteiger partial charge in [0, 0.05) is 54.6 Å². The van der Waals surface area contributed by atoms with Crippen LogP contribution in [0.2, 0.25) is 0 Å². The first kappa shape index (κ1) is 26.0. The van der Waals surface area contributed by atoms with E-state index in [0.29, 0.717) is 17.5 Å². The summed E-state index contributed by atoms with van der Waals surface area (Å²) in [7, 11) is 0. The highest BCUT2D eigenvalue weighted by Gasteiger charge is 2.20. The number of benzene rings is 2. The summed E-state index contributed by atoms with van der Waals surface area (Å²) in [5.41, 5.74) is 10.8. The van der Waals surface area contributed by atoms with Gasteiger partial charge in [0.25, 0.3) is 5.91 Å². The molecular formula is C31H27N9O. The summed E-state index contributed by atoms with van der Waals surface area (Å²) in [4.78, 5) is 35.5. The van der Waals surface area contributed by atoms with E-state index >= 15 is 0 Å². The molecule has 0 radical (unpaired) electrons. The van der Waals surface area contributed by atoms with Crippen LogP contribution in [0.5, 0.6) is 0 Å². The van der Waals surface area contributed by atoms with Gasteiger partial charge in [-0.3, -0.25) is 9.69 Å². The van der Waals surface area contributed by atoms with Gasteiger partial charge >= 0.3 is 0 Å². The number of nitriles is 1. The zero-order valence-corrected chi connectivity index (χ0v) is 22.2. The Labute approximate surface area is 236 Å². The molecule has 1 saturated heterocycles. The number of carbonyl (C=O) groups is 1. The standard InChI is InChI=1S/C31H27N9O/c32-17-27-34-13-10-26(37-27)36-24-11-14-40(15-12-24)19-20-6-8-22(9-7-20)28-25(21-4-2-1-3-5-21)16-23-18-35-31(29(33)41)39-30(23)38-28/h1-10,13,16,18,24H,11-12,14-15,19H2,(H2,33,41)(H,34,36,37). The maximum atomic E-state index is 11.7. The number of primary amides is 1. The van der Waals surface area contributed by atoms with E-state index in [1.54, 1.807) is 18.5 Å². The van der Waals surface area contributed by atoms with Crippen molar-refractivity contribution in [2.24, 2.45) is 5.73 Å². The lowest BCUT2D eigenvalue weighted by molar-refractivity contribution is 0.0990. The van der Waals surface area contributed by atoms with Crippen LogP contribution >= 0.6 is 0 Å². The Morgan fingerprint density at radius 2 is 1.76 bits per heavy atom. The fourth-order valence-corrected chi connectivity index (χ4v) is 5.10. The average molecular weight is 542 g/mol. The number of nitrogens with two attached hydrogens (primary N) is 1. The zero-order chi connectivity index (χ0) is 28.2. The van der Waals surface area contributed by atoms with Crippen molar-refractivity contribution in [2.75, 3.05) is 18.4 Å². The topological polar surface area (TPSA) is 147 Å². The maximum absolute atomic E-state index is 11.7. The molecule has 4 heterocycles. The van der Waals surface area contributed by atoms with Crippen LogP contribution in [0.15, 0.2) is 79.1 Å². The van der Waals surface area contributed by atoms with Crippen molar-refractivity contribution < 1.29 is 4.79 Å². The molecule has 202 valence electrons. The van der Waals surface area contributed by atoms with Crippen molar-refractivity contribution in [2.45, 2.75) is 25.4 Å². The Morgan fingerprint density at radius 1 is 0.976 bits per heavy atom. The lowest BCUT2D eigenvalue weighted by Gasteiger charge is -2.32. The van der Waals surface area contributed by atoms with Gasteiger partial charge in [-0.15, -0.1) is 0 Å². The quantitative estimate of drug-likeness (QED) is 0.309. The van der Waals surface area contributed by atoms with Crippen molar-refractivity contribution >= 4 is 22.8 Å². The molecule has 0 unspecified atom stereocenters. The molecule has 2 aromatic carbocycles. The maximum Gasteiger partial charge on any atom is 0.286 e. The van der Waals surface area contributed by atoms with Crippen molar-refractivity contribution in [1.29, 1.82) is 5.26 Å². The SMILES string of the molecule is N#Cc1nccc(NC2CCN(Cc3ccc(-c4nc5nc(C(N)=O)ncc5cc4-c4ccccc4)cc3)CC2)n1. The van der Waals surface area contributed by atoms with Gasteiger partial charge in [0.1, 0.15) is 11.9 Å². The highest BCUT2D eigenvalue weighted by Crippen LogP contribution is 2.33.